The van der Waals surface area contributed by atoms with Crippen LogP contribution in [0.25, 0.3) is 0 Å². The molecule has 0 aromatic heterocycles. The fraction of sp³-hybridized carbons (Fsp3) is 0.368. The lowest BCUT2D eigenvalue weighted by Crippen LogP contribution is -2.25. The van der Waals surface area contributed by atoms with E-state index < -0.39 is 14.9 Å². The molecule has 0 amide bonds. The van der Waals surface area contributed by atoms with Crippen molar-refractivity contribution in [3.8, 4) is 11.5 Å². The Morgan fingerprint density at radius 2 is 2.07 bits per heavy atom. The molecule has 0 bridgehead atoms. The first-order valence-corrected chi connectivity index (χ1v) is 10.8. The summed E-state index contributed by atoms with van der Waals surface area (Å²) in [6.07, 6.45) is 1.67. The van der Waals surface area contributed by atoms with Gasteiger partial charge in [0.05, 0.1) is 29.2 Å². The number of hydrogen-bond acceptors (Lipinski definition) is 8. The van der Waals surface area contributed by atoms with E-state index in [1.807, 2.05) is 0 Å². The van der Waals surface area contributed by atoms with Crippen LogP contribution in [-0.2, 0) is 27.9 Å². The summed E-state index contributed by atoms with van der Waals surface area (Å²) in [5.74, 6) is 0.974. The van der Waals surface area contributed by atoms with Crippen molar-refractivity contribution in [3.63, 3.8) is 0 Å². The number of non-ortho nitro benzene ring substituents is 1. The Morgan fingerprint density at radius 1 is 1.27 bits per heavy atom. The summed E-state index contributed by atoms with van der Waals surface area (Å²) < 4.78 is 43.8. The van der Waals surface area contributed by atoms with Crippen molar-refractivity contribution in [1.29, 1.82) is 0 Å². The highest BCUT2D eigenvalue weighted by molar-refractivity contribution is 7.89. The fourth-order valence-electron chi connectivity index (χ4n) is 3.19. The van der Waals surface area contributed by atoms with Crippen LogP contribution in [0.5, 0.6) is 11.5 Å². The van der Waals surface area contributed by atoms with Gasteiger partial charge in [0, 0.05) is 35.8 Å². The smallest absolute Gasteiger partial charge is 0.270 e. The minimum absolute atomic E-state index is 0.00994. The number of sulfonamides is 1. The second kappa shape index (κ2) is 8.09. The second-order valence-electron chi connectivity index (χ2n) is 7.07. The number of rotatable bonds is 8. The molecule has 0 spiro atoms. The summed E-state index contributed by atoms with van der Waals surface area (Å²) in [4.78, 5) is 10.9. The van der Waals surface area contributed by atoms with Crippen LogP contribution in [0, 0.1) is 10.1 Å². The van der Waals surface area contributed by atoms with Gasteiger partial charge in [-0.25, -0.2) is 13.1 Å². The topological polar surface area (TPSA) is 129 Å². The lowest BCUT2D eigenvalue weighted by atomic mass is 10.1. The first kappa shape index (κ1) is 20.4. The molecule has 11 heteroatoms. The number of nitrogens with zero attached hydrogens (tertiary/aromatic N) is 1. The van der Waals surface area contributed by atoms with Gasteiger partial charge in [-0.1, -0.05) is 0 Å². The Hall–Kier alpha value is -2.89. The quantitative estimate of drug-likeness (QED) is 0.478. The molecule has 0 saturated heterocycles. The zero-order valence-electron chi connectivity index (χ0n) is 16.2. The van der Waals surface area contributed by atoms with E-state index in [0.717, 1.165) is 12.8 Å². The van der Waals surface area contributed by atoms with Crippen LogP contribution in [0.4, 0.5) is 11.4 Å². The van der Waals surface area contributed by atoms with Crippen LogP contribution in [0.2, 0.25) is 0 Å². The number of ether oxygens (including phenoxy) is 3. The molecule has 1 aliphatic carbocycles. The number of hydrogen-bond donors (Lipinski definition) is 2. The average molecular weight is 435 g/mol. The third-order valence-electron chi connectivity index (χ3n) is 4.83. The highest BCUT2D eigenvalue weighted by Crippen LogP contribution is 2.34. The number of methoxy groups -OCH3 is 1. The molecule has 1 saturated carbocycles. The van der Waals surface area contributed by atoms with Gasteiger partial charge in [0.2, 0.25) is 10.0 Å². The van der Waals surface area contributed by atoms with Gasteiger partial charge in [-0.05, 0) is 31.0 Å². The Morgan fingerprint density at radius 3 is 2.77 bits per heavy atom. The van der Waals surface area contributed by atoms with Crippen LogP contribution in [0.3, 0.4) is 0 Å². The van der Waals surface area contributed by atoms with E-state index in [4.69, 9.17) is 14.2 Å². The SMILES string of the molecule is COc1ccc(S(=O)(=O)NC2CC2)cc1NCc1cc([N+](=O)[O-])cc2c1OCOC2. The Kier molecular flexibility index (Phi) is 5.50. The van der Waals surface area contributed by atoms with Crippen molar-refractivity contribution in [3.05, 3.63) is 51.6 Å². The number of nitrogens with one attached hydrogen (secondary N) is 2. The van der Waals surface area contributed by atoms with Crippen molar-refractivity contribution >= 4 is 21.4 Å². The Labute approximate surface area is 173 Å². The van der Waals surface area contributed by atoms with Crippen LogP contribution < -0.4 is 19.5 Å². The van der Waals surface area contributed by atoms with Crippen molar-refractivity contribution in [1.82, 2.24) is 4.72 Å². The minimum atomic E-state index is -3.64. The summed E-state index contributed by atoms with van der Waals surface area (Å²) in [6.45, 7) is 0.440. The fourth-order valence-corrected chi connectivity index (χ4v) is 4.52. The lowest BCUT2D eigenvalue weighted by Gasteiger charge is -2.21. The summed E-state index contributed by atoms with van der Waals surface area (Å²) >= 11 is 0. The maximum atomic E-state index is 12.5. The first-order valence-electron chi connectivity index (χ1n) is 9.32. The van der Waals surface area contributed by atoms with Gasteiger partial charge in [0.1, 0.15) is 11.5 Å². The molecule has 10 nitrogen and oxygen atoms in total. The third-order valence-corrected chi connectivity index (χ3v) is 6.35. The molecule has 0 unspecified atom stereocenters. The third kappa shape index (κ3) is 4.32. The van der Waals surface area contributed by atoms with E-state index in [0.29, 0.717) is 28.3 Å². The van der Waals surface area contributed by atoms with Crippen molar-refractivity contribution in [2.75, 3.05) is 19.2 Å². The predicted octanol–water partition coefficient (Wildman–Crippen LogP) is 2.52. The van der Waals surface area contributed by atoms with Crippen molar-refractivity contribution in [2.45, 2.75) is 36.9 Å². The molecule has 2 N–H and O–H groups in total. The molecule has 160 valence electrons. The molecule has 0 atom stereocenters. The van der Waals surface area contributed by atoms with Gasteiger partial charge in [-0.15, -0.1) is 0 Å². The largest absolute Gasteiger partial charge is 0.495 e. The molecular weight excluding hydrogens is 414 g/mol. The minimum Gasteiger partial charge on any atom is -0.495 e. The standard InChI is InChI=1S/C19H21N3O7S/c1-27-18-5-4-16(30(25,26)21-14-2-3-14)8-17(18)20-9-12-6-15(22(23)24)7-13-10-28-11-29-19(12)13/h4-8,14,20-21H,2-3,9-11H2,1H3. The van der Waals surface area contributed by atoms with Gasteiger partial charge in [-0.2, -0.15) is 0 Å². The van der Waals surface area contributed by atoms with E-state index in [1.54, 1.807) is 6.07 Å². The van der Waals surface area contributed by atoms with E-state index >= 15 is 0 Å². The van der Waals surface area contributed by atoms with E-state index in [2.05, 4.69) is 10.0 Å². The number of nitro benzene ring substituents is 1. The zero-order valence-corrected chi connectivity index (χ0v) is 17.0. The van der Waals surface area contributed by atoms with Gasteiger partial charge in [-0.3, -0.25) is 10.1 Å². The van der Waals surface area contributed by atoms with Crippen LogP contribution >= 0.6 is 0 Å². The van der Waals surface area contributed by atoms with Crippen molar-refractivity contribution < 1.29 is 27.6 Å². The highest BCUT2D eigenvalue weighted by atomic mass is 32.2. The molecule has 2 aliphatic rings. The molecule has 0 radical (unpaired) electrons. The van der Waals surface area contributed by atoms with E-state index in [1.165, 1.54) is 31.4 Å². The van der Waals surface area contributed by atoms with Gasteiger partial charge in [0.15, 0.2) is 6.79 Å². The Balaban J connectivity index is 1.62. The molecule has 4 rings (SSSR count). The summed E-state index contributed by atoms with van der Waals surface area (Å²) in [5, 5.41) is 14.4. The highest BCUT2D eigenvalue weighted by Gasteiger charge is 2.28. The molecule has 1 heterocycles. The number of benzene rings is 2. The first-order chi connectivity index (χ1) is 14.4. The number of nitro groups is 1. The molecule has 30 heavy (non-hydrogen) atoms. The van der Waals surface area contributed by atoms with Crippen LogP contribution in [0.15, 0.2) is 35.2 Å². The monoisotopic (exact) mass is 435 g/mol. The lowest BCUT2D eigenvalue weighted by molar-refractivity contribution is -0.385. The average Bonchev–Trinajstić information content (AvgIpc) is 3.54. The van der Waals surface area contributed by atoms with Crippen LogP contribution in [-0.4, -0.2) is 33.3 Å². The number of anilines is 1. The molecular formula is C19H21N3O7S. The maximum absolute atomic E-state index is 12.5. The zero-order chi connectivity index (χ0) is 21.3. The molecule has 2 aromatic rings. The van der Waals surface area contributed by atoms with E-state index in [-0.39, 0.29) is 36.6 Å². The maximum Gasteiger partial charge on any atom is 0.270 e. The second-order valence-corrected chi connectivity index (χ2v) is 8.79. The van der Waals surface area contributed by atoms with Gasteiger partial charge >= 0.3 is 0 Å². The van der Waals surface area contributed by atoms with Crippen molar-refractivity contribution in [2.24, 2.45) is 0 Å². The predicted molar refractivity (Wildman–Crippen MR) is 107 cm³/mol. The summed E-state index contributed by atoms with van der Waals surface area (Å²) in [5.41, 5.74) is 1.53. The summed E-state index contributed by atoms with van der Waals surface area (Å²) in [7, 11) is -2.16. The van der Waals surface area contributed by atoms with E-state index in [9.17, 15) is 18.5 Å². The normalized spacial score (nSPS) is 15.8. The van der Waals surface area contributed by atoms with Gasteiger partial charge < -0.3 is 19.5 Å². The van der Waals surface area contributed by atoms with Crippen LogP contribution in [0.1, 0.15) is 24.0 Å². The summed E-state index contributed by atoms with van der Waals surface area (Å²) in [6, 6.07) is 7.37. The Bertz CT molecular complexity index is 1080. The molecule has 2 aromatic carbocycles. The molecule has 1 fully saturated rings. The number of fused-ring (bicyclic) bond motifs is 1. The molecule has 1 aliphatic heterocycles. The van der Waals surface area contributed by atoms with Gasteiger partial charge in [0.25, 0.3) is 5.69 Å².